The molecule has 0 aliphatic carbocycles. The van der Waals surface area contributed by atoms with Crippen LogP contribution in [0.4, 0.5) is 5.69 Å². The van der Waals surface area contributed by atoms with Gasteiger partial charge in [0.15, 0.2) is 0 Å². The molecule has 1 atom stereocenters. The molecule has 0 bridgehead atoms. The van der Waals surface area contributed by atoms with E-state index in [1.165, 1.54) is 0 Å². The lowest BCUT2D eigenvalue weighted by atomic mass is 9.94. The Bertz CT molecular complexity index is 1080. The zero-order chi connectivity index (χ0) is 22.0. The van der Waals surface area contributed by atoms with Crippen molar-refractivity contribution in [2.75, 3.05) is 18.4 Å². The summed E-state index contributed by atoms with van der Waals surface area (Å²) < 4.78 is 3.86. The Morgan fingerprint density at radius 1 is 1.26 bits per heavy atom. The molecule has 3 heterocycles. The fraction of sp³-hybridized carbons (Fsp3) is 0.478. The number of fused-ring (bicyclic) bond motifs is 1. The standard InChI is InChI=1S/C23H30N6O2/c1-4-27-15-24-20-13-18(7-8-21(20)27)25-22(30)12-17-6-5-10-28(14-17)23(31)19-9-11-29(26-19)16(2)3/h7-9,11,13,15-17H,4-6,10,12,14H2,1-3H3,(H,25,30). The highest BCUT2D eigenvalue weighted by Crippen LogP contribution is 2.23. The summed E-state index contributed by atoms with van der Waals surface area (Å²) in [6, 6.07) is 7.79. The third kappa shape index (κ3) is 4.62. The Labute approximate surface area is 182 Å². The number of imidazole rings is 1. The highest BCUT2D eigenvalue weighted by molar-refractivity contribution is 5.94. The average Bonchev–Trinajstić information content (AvgIpc) is 3.40. The van der Waals surface area contributed by atoms with E-state index in [0.29, 0.717) is 25.2 Å². The SMILES string of the molecule is CCn1cnc2cc(NC(=O)CC3CCCN(C(=O)c4ccn(C(C)C)n4)C3)ccc21. The number of nitrogens with zero attached hydrogens (tertiary/aromatic N) is 5. The number of hydrogen-bond acceptors (Lipinski definition) is 4. The van der Waals surface area contributed by atoms with Crippen LogP contribution in [0.25, 0.3) is 11.0 Å². The number of amides is 2. The maximum atomic E-state index is 12.8. The van der Waals surface area contributed by atoms with Gasteiger partial charge in [-0.3, -0.25) is 14.3 Å². The van der Waals surface area contributed by atoms with E-state index < -0.39 is 0 Å². The molecule has 8 nitrogen and oxygen atoms in total. The molecule has 3 aromatic rings. The van der Waals surface area contributed by atoms with E-state index in [0.717, 1.165) is 36.1 Å². The van der Waals surface area contributed by atoms with Crippen LogP contribution >= 0.6 is 0 Å². The van der Waals surface area contributed by atoms with Crippen LogP contribution in [0.15, 0.2) is 36.8 Å². The van der Waals surface area contributed by atoms with E-state index in [1.807, 2.05) is 49.5 Å². The lowest BCUT2D eigenvalue weighted by Gasteiger charge is -2.32. The minimum absolute atomic E-state index is 0.0299. The highest BCUT2D eigenvalue weighted by atomic mass is 16.2. The second kappa shape index (κ2) is 8.91. The molecule has 1 unspecified atom stereocenters. The van der Waals surface area contributed by atoms with Crippen LogP contribution < -0.4 is 5.32 Å². The molecule has 2 amide bonds. The van der Waals surface area contributed by atoms with Crippen LogP contribution in [-0.2, 0) is 11.3 Å². The lowest BCUT2D eigenvalue weighted by molar-refractivity contribution is -0.117. The predicted octanol–water partition coefficient (Wildman–Crippen LogP) is 3.71. The van der Waals surface area contributed by atoms with E-state index in [9.17, 15) is 9.59 Å². The van der Waals surface area contributed by atoms with Crippen molar-refractivity contribution in [2.24, 2.45) is 5.92 Å². The summed E-state index contributed by atoms with van der Waals surface area (Å²) in [4.78, 5) is 31.7. The van der Waals surface area contributed by atoms with E-state index in [4.69, 9.17) is 0 Å². The van der Waals surface area contributed by atoms with Crippen LogP contribution in [0.3, 0.4) is 0 Å². The molecule has 1 aliphatic rings. The zero-order valence-corrected chi connectivity index (χ0v) is 18.4. The number of carbonyl (C=O) groups excluding carboxylic acids is 2. The van der Waals surface area contributed by atoms with Crippen molar-refractivity contribution in [2.45, 2.75) is 52.6 Å². The van der Waals surface area contributed by atoms with Crippen LogP contribution in [0.2, 0.25) is 0 Å². The topological polar surface area (TPSA) is 85.0 Å². The van der Waals surface area contributed by atoms with Gasteiger partial charge in [-0.05, 0) is 63.8 Å². The molecule has 1 fully saturated rings. The van der Waals surface area contributed by atoms with Crippen molar-refractivity contribution in [3.8, 4) is 0 Å². The van der Waals surface area contributed by atoms with Crippen LogP contribution in [0.5, 0.6) is 0 Å². The second-order valence-corrected chi connectivity index (χ2v) is 8.52. The predicted molar refractivity (Wildman–Crippen MR) is 120 cm³/mol. The minimum Gasteiger partial charge on any atom is -0.337 e. The molecule has 2 aromatic heterocycles. The number of anilines is 1. The molecule has 4 rings (SSSR count). The van der Waals surface area contributed by atoms with Gasteiger partial charge in [0.25, 0.3) is 5.91 Å². The molecule has 1 aromatic carbocycles. The number of aryl methyl sites for hydroxylation is 1. The second-order valence-electron chi connectivity index (χ2n) is 8.52. The van der Waals surface area contributed by atoms with Gasteiger partial charge in [-0.15, -0.1) is 0 Å². The maximum absolute atomic E-state index is 12.8. The van der Waals surface area contributed by atoms with E-state index in [1.54, 1.807) is 10.7 Å². The summed E-state index contributed by atoms with van der Waals surface area (Å²) in [6.45, 7) is 8.29. The summed E-state index contributed by atoms with van der Waals surface area (Å²) in [5, 5.41) is 7.39. The molecule has 0 spiro atoms. The number of likely N-dealkylation sites (tertiary alicyclic amines) is 1. The third-order valence-corrected chi connectivity index (χ3v) is 5.88. The number of benzene rings is 1. The van der Waals surface area contributed by atoms with Crippen LogP contribution in [0.1, 0.15) is 56.6 Å². The average molecular weight is 423 g/mol. The lowest BCUT2D eigenvalue weighted by Crippen LogP contribution is -2.41. The molecule has 164 valence electrons. The first-order valence-corrected chi connectivity index (χ1v) is 11.0. The van der Waals surface area contributed by atoms with Crippen molar-refractivity contribution >= 4 is 28.5 Å². The highest BCUT2D eigenvalue weighted by Gasteiger charge is 2.27. The Morgan fingerprint density at radius 3 is 2.84 bits per heavy atom. The van der Waals surface area contributed by atoms with Gasteiger partial charge >= 0.3 is 0 Å². The monoisotopic (exact) mass is 422 g/mol. The van der Waals surface area contributed by atoms with E-state index in [2.05, 4.69) is 26.9 Å². The van der Waals surface area contributed by atoms with Crippen molar-refractivity contribution < 1.29 is 9.59 Å². The van der Waals surface area contributed by atoms with Crippen molar-refractivity contribution in [1.29, 1.82) is 0 Å². The summed E-state index contributed by atoms with van der Waals surface area (Å²) >= 11 is 0. The Hall–Kier alpha value is -3.16. The molecule has 1 aliphatic heterocycles. The number of hydrogen-bond donors (Lipinski definition) is 1. The molecule has 1 N–H and O–H groups in total. The van der Waals surface area contributed by atoms with Gasteiger partial charge < -0.3 is 14.8 Å². The maximum Gasteiger partial charge on any atom is 0.274 e. The first kappa shape index (κ1) is 21.1. The largest absolute Gasteiger partial charge is 0.337 e. The van der Waals surface area contributed by atoms with Gasteiger partial charge in [0.05, 0.1) is 17.4 Å². The third-order valence-electron chi connectivity index (χ3n) is 5.88. The molecular weight excluding hydrogens is 392 g/mol. The normalized spacial score (nSPS) is 16.8. The van der Waals surface area contributed by atoms with E-state index >= 15 is 0 Å². The van der Waals surface area contributed by atoms with Crippen molar-refractivity contribution in [3.63, 3.8) is 0 Å². The molecule has 1 saturated heterocycles. The summed E-state index contributed by atoms with van der Waals surface area (Å²) in [5.74, 6) is 0.0621. The summed E-state index contributed by atoms with van der Waals surface area (Å²) in [6.07, 6.45) is 5.89. The minimum atomic E-state index is -0.0542. The van der Waals surface area contributed by atoms with Crippen LogP contribution in [0, 0.1) is 5.92 Å². The number of nitrogens with one attached hydrogen (secondary N) is 1. The smallest absolute Gasteiger partial charge is 0.274 e. The molecule has 0 radical (unpaired) electrons. The first-order chi connectivity index (χ1) is 14.9. The Morgan fingerprint density at radius 2 is 2.10 bits per heavy atom. The summed E-state index contributed by atoms with van der Waals surface area (Å²) in [7, 11) is 0. The first-order valence-electron chi connectivity index (χ1n) is 11.0. The fourth-order valence-corrected chi connectivity index (χ4v) is 4.19. The Kier molecular flexibility index (Phi) is 6.06. The number of aromatic nitrogens is 4. The summed E-state index contributed by atoms with van der Waals surface area (Å²) in [5.41, 5.74) is 3.15. The van der Waals surface area contributed by atoms with Gasteiger partial charge in [0.2, 0.25) is 5.91 Å². The fourth-order valence-electron chi connectivity index (χ4n) is 4.19. The number of rotatable bonds is 6. The van der Waals surface area contributed by atoms with Crippen molar-refractivity contribution in [1.82, 2.24) is 24.2 Å². The molecule has 8 heteroatoms. The van der Waals surface area contributed by atoms with Crippen molar-refractivity contribution in [3.05, 3.63) is 42.5 Å². The van der Waals surface area contributed by atoms with Gasteiger partial charge in [0.1, 0.15) is 5.69 Å². The van der Waals surface area contributed by atoms with Crippen LogP contribution in [-0.4, -0.2) is 49.1 Å². The molecule has 31 heavy (non-hydrogen) atoms. The Balaban J connectivity index is 1.35. The zero-order valence-electron chi connectivity index (χ0n) is 18.4. The van der Waals surface area contributed by atoms with Gasteiger partial charge in [-0.25, -0.2) is 4.98 Å². The molecule has 0 saturated carbocycles. The van der Waals surface area contributed by atoms with E-state index in [-0.39, 0.29) is 23.8 Å². The number of piperidine rings is 1. The van der Waals surface area contributed by atoms with Gasteiger partial charge in [0, 0.05) is 44.0 Å². The van der Waals surface area contributed by atoms with Gasteiger partial charge in [-0.2, -0.15) is 5.10 Å². The van der Waals surface area contributed by atoms with Gasteiger partial charge in [-0.1, -0.05) is 0 Å². The molecular formula is C23H30N6O2. The quantitative estimate of drug-likeness (QED) is 0.656. The number of carbonyl (C=O) groups is 2.